The van der Waals surface area contributed by atoms with Crippen LogP contribution in [0.2, 0.25) is 5.02 Å². The van der Waals surface area contributed by atoms with Gasteiger partial charge in [-0.15, -0.1) is 0 Å². The molecule has 32 heavy (non-hydrogen) atoms. The molecule has 0 bridgehead atoms. The van der Waals surface area contributed by atoms with E-state index in [1.165, 1.54) is 31.4 Å². The van der Waals surface area contributed by atoms with Crippen molar-refractivity contribution >= 4 is 27.6 Å². The predicted molar refractivity (Wildman–Crippen MR) is 124 cm³/mol. The Labute approximate surface area is 192 Å². The molecule has 1 unspecified atom stereocenters. The second kappa shape index (κ2) is 10.6. The minimum atomic E-state index is -3.86. The normalized spacial score (nSPS) is 12.3. The molecule has 8 heteroatoms. The summed E-state index contributed by atoms with van der Waals surface area (Å²) in [5, 5.41) is 9.26. The van der Waals surface area contributed by atoms with Crippen LogP contribution >= 0.6 is 11.6 Å². The summed E-state index contributed by atoms with van der Waals surface area (Å²) in [6.07, 6.45) is 1.27. The quantitative estimate of drug-likeness (QED) is 0.440. The smallest absolute Gasteiger partial charge is 0.303 e. The fourth-order valence-electron chi connectivity index (χ4n) is 3.37. The number of halogens is 1. The summed E-state index contributed by atoms with van der Waals surface area (Å²) < 4.78 is 34.5. The largest absolute Gasteiger partial charge is 0.496 e. The molecule has 0 aliphatic rings. The molecule has 0 saturated heterocycles. The van der Waals surface area contributed by atoms with Crippen LogP contribution in [0, 0.1) is 0 Å². The topological polar surface area (TPSA) is 92.7 Å². The second-order valence-electron chi connectivity index (χ2n) is 7.24. The van der Waals surface area contributed by atoms with Gasteiger partial charge in [0.05, 0.1) is 18.0 Å². The number of aliphatic carboxylic acids is 1. The molecule has 3 aromatic carbocycles. The summed E-state index contributed by atoms with van der Waals surface area (Å²) in [5.74, 6) is -0.267. The van der Waals surface area contributed by atoms with Gasteiger partial charge in [-0.2, -0.15) is 4.72 Å². The number of carboxylic acid groups (broad SMARTS) is 1. The number of nitrogens with one attached hydrogen (secondary N) is 1. The van der Waals surface area contributed by atoms with Crippen molar-refractivity contribution < 1.29 is 23.1 Å². The Bertz CT molecular complexity index is 1160. The lowest BCUT2D eigenvalue weighted by molar-refractivity contribution is -0.137. The van der Waals surface area contributed by atoms with Crippen molar-refractivity contribution in [3.05, 3.63) is 94.5 Å². The Balaban J connectivity index is 1.94. The van der Waals surface area contributed by atoms with Gasteiger partial charge in [0.15, 0.2) is 0 Å². The average Bonchev–Trinajstić information content (AvgIpc) is 2.78. The molecule has 2 N–H and O–H groups in total. The number of hydrogen-bond acceptors (Lipinski definition) is 4. The van der Waals surface area contributed by atoms with Crippen molar-refractivity contribution in [3.63, 3.8) is 0 Å². The van der Waals surface area contributed by atoms with Crippen molar-refractivity contribution in [1.82, 2.24) is 4.72 Å². The number of methoxy groups -OCH3 is 1. The van der Waals surface area contributed by atoms with Crippen molar-refractivity contribution in [2.75, 3.05) is 7.11 Å². The van der Waals surface area contributed by atoms with Crippen LogP contribution in [0.3, 0.4) is 0 Å². The zero-order valence-corrected chi connectivity index (χ0v) is 19.1. The van der Waals surface area contributed by atoms with Crippen LogP contribution in [0.25, 0.3) is 0 Å². The van der Waals surface area contributed by atoms with Crippen molar-refractivity contribution in [2.45, 2.75) is 30.2 Å². The minimum absolute atomic E-state index is 0.104. The van der Waals surface area contributed by atoms with Gasteiger partial charge in [0, 0.05) is 17.0 Å². The first-order valence-electron chi connectivity index (χ1n) is 10.0. The molecule has 168 valence electrons. The van der Waals surface area contributed by atoms with Crippen LogP contribution in [-0.2, 0) is 21.2 Å². The van der Waals surface area contributed by atoms with Gasteiger partial charge in [0.2, 0.25) is 10.0 Å². The maximum atomic E-state index is 13.1. The molecule has 3 rings (SSSR count). The number of ether oxygens (including phenoxy) is 1. The second-order valence-corrected chi connectivity index (χ2v) is 9.39. The predicted octanol–water partition coefficient (Wildman–Crippen LogP) is 4.82. The number of benzene rings is 3. The summed E-state index contributed by atoms with van der Waals surface area (Å²) in [6.45, 7) is 0. The molecular weight excluding hydrogens is 450 g/mol. The molecule has 0 heterocycles. The lowest BCUT2D eigenvalue weighted by Crippen LogP contribution is -2.29. The number of sulfonamides is 1. The number of hydrogen-bond donors (Lipinski definition) is 2. The fourth-order valence-corrected chi connectivity index (χ4v) is 4.70. The van der Waals surface area contributed by atoms with Gasteiger partial charge in [-0.1, -0.05) is 54.1 Å². The molecule has 0 aliphatic carbocycles. The van der Waals surface area contributed by atoms with Crippen LogP contribution in [-0.4, -0.2) is 26.6 Å². The van der Waals surface area contributed by atoms with Gasteiger partial charge in [-0.3, -0.25) is 4.79 Å². The maximum Gasteiger partial charge on any atom is 0.303 e. The van der Waals surface area contributed by atoms with Crippen LogP contribution in [0.1, 0.15) is 35.6 Å². The first kappa shape index (κ1) is 23.8. The van der Waals surface area contributed by atoms with Crippen molar-refractivity contribution in [3.8, 4) is 5.75 Å². The molecule has 0 saturated carbocycles. The first-order valence-corrected chi connectivity index (χ1v) is 11.9. The van der Waals surface area contributed by atoms with E-state index in [1.54, 1.807) is 6.07 Å². The van der Waals surface area contributed by atoms with Gasteiger partial charge < -0.3 is 9.84 Å². The SMILES string of the molecule is COc1ccccc1C(NS(=O)(=O)c1ccc(Cl)cc1)c1ccc(CCCC(=O)O)cc1. The summed E-state index contributed by atoms with van der Waals surface area (Å²) in [5.41, 5.74) is 2.38. The number of aryl methyl sites for hydroxylation is 1. The molecular formula is C24H24ClNO5S. The standard InChI is InChI=1S/C24H24ClNO5S/c1-31-22-7-3-2-6-21(22)24(26-32(29,30)20-15-13-19(25)14-16-20)18-11-9-17(10-12-18)5-4-8-23(27)28/h2-3,6-7,9-16,24,26H,4-5,8H2,1H3,(H,27,28). The Hall–Kier alpha value is -2.87. The average molecular weight is 474 g/mol. The third kappa shape index (κ3) is 6.09. The van der Waals surface area contributed by atoms with E-state index in [-0.39, 0.29) is 11.3 Å². The highest BCUT2D eigenvalue weighted by molar-refractivity contribution is 7.89. The Morgan fingerprint density at radius 2 is 1.69 bits per heavy atom. The van der Waals surface area contributed by atoms with Gasteiger partial charge in [0.1, 0.15) is 5.75 Å². The molecule has 1 atom stereocenters. The highest BCUT2D eigenvalue weighted by Gasteiger charge is 2.25. The summed E-state index contributed by atoms with van der Waals surface area (Å²) in [6, 6.07) is 20.0. The molecule has 3 aromatic rings. The Kier molecular flexibility index (Phi) is 7.90. The third-order valence-electron chi connectivity index (χ3n) is 5.02. The zero-order chi connectivity index (χ0) is 23.1. The minimum Gasteiger partial charge on any atom is -0.496 e. The Morgan fingerprint density at radius 3 is 2.31 bits per heavy atom. The van der Waals surface area contributed by atoms with E-state index >= 15 is 0 Å². The van der Waals surface area contributed by atoms with Gasteiger partial charge >= 0.3 is 5.97 Å². The molecule has 0 aliphatic heterocycles. The summed E-state index contributed by atoms with van der Waals surface area (Å²) in [4.78, 5) is 10.8. The molecule has 6 nitrogen and oxygen atoms in total. The van der Waals surface area contributed by atoms with Gasteiger partial charge in [0.25, 0.3) is 0 Å². The van der Waals surface area contributed by atoms with Crippen LogP contribution < -0.4 is 9.46 Å². The van der Waals surface area contributed by atoms with E-state index in [4.69, 9.17) is 21.4 Å². The molecule has 0 aromatic heterocycles. The number of carbonyl (C=O) groups is 1. The molecule has 0 fully saturated rings. The first-order chi connectivity index (χ1) is 15.3. The van der Waals surface area contributed by atoms with Crippen molar-refractivity contribution in [2.24, 2.45) is 0 Å². The lowest BCUT2D eigenvalue weighted by Gasteiger charge is -2.22. The Morgan fingerprint density at radius 1 is 1.03 bits per heavy atom. The van der Waals surface area contributed by atoms with Crippen LogP contribution in [0.5, 0.6) is 5.75 Å². The highest BCUT2D eigenvalue weighted by Crippen LogP contribution is 2.32. The van der Waals surface area contributed by atoms with E-state index in [0.29, 0.717) is 29.2 Å². The highest BCUT2D eigenvalue weighted by atomic mass is 35.5. The number of rotatable bonds is 10. The van der Waals surface area contributed by atoms with Gasteiger partial charge in [-0.05, 0) is 54.3 Å². The van der Waals surface area contributed by atoms with E-state index < -0.39 is 22.0 Å². The van der Waals surface area contributed by atoms with E-state index in [1.807, 2.05) is 42.5 Å². The van der Waals surface area contributed by atoms with E-state index in [0.717, 1.165) is 11.1 Å². The maximum absolute atomic E-state index is 13.1. The third-order valence-corrected chi connectivity index (χ3v) is 6.71. The van der Waals surface area contributed by atoms with Crippen LogP contribution in [0.4, 0.5) is 0 Å². The van der Waals surface area contributed by atoms with E-state index in [9.17, 15) is 13.2 Å². The molecule has 0 amide bonds. The monoisotopic (exact) mass is 473 g/mol. The number of carboxylic acids is 1. The molecule has 0 radical (unpaired) electrons. The van der Waals surface area contributed by atoms with E-state index in [2.05, 4.69) is 4.72 Å². The van der Waals surface area contributed by atoms with Gasteiger partial charge in [-0.25, -0.2) is 8.42 Å². The summed E-state index contributed by atoms with van der Waals surface area (Å²) in [7, 11) is -2.32. The van der Waals surface area contributed by atoms with Crippen molar-refractivity contribution in [1.29, 1.82) is 0 Å². The fraction of sp³-hybridized carbons (Fsp3) is 0.208. The number of para-hydroxylation sites is 1. The summed E-state index contributed by atoms with van der Waals surface area (Å²) >= 11 is 5.90. The van der Waals surface area contributed by atoms with Crippen LogP contribution in [0.15, 0.2) is 77.7 Å². The zero-order valence-electron chi connectivity index (χ0n) is 17.5. The molecule has 0 spiro atoms. The lowest BCUT2D eigenvalue weighted by atomic mass is 9.97.